The number of nitrogens with zero attached hydrogens (tertiary/aromatic N) is 3. The number of hydrogen-bond donors (Lipinski definition) is 0. The molecule has 0 aliphatic rings. The molecule has 0 unspecified atom stereocenters. The number of aryl methyl sites for hydroxylation is 1. The zero-order valence-corrected chi connectivity index (χ0v) is 13.4. The molecular formula is C11H20BrN3O2S. The molecule has 1 aromatic heterocycles. The number of alkyl halides is 1. The Morgan fingerprint density at radius 1 is 1.50 bits per heavy atom. The van der Waals surface area contributed by atoms with Crippen LogP contribution in [-0.2, 0) is 16.6 Å². The Labute approximate surface area is 117 Å². The number of hydrogen-bond acceptors (Lipinski definition) is 3. The molecule has 0 aliphatic carbocycles. The van der Waals surface area contributed by atoms with Gasteiger partial charge in [-0.1, -0.05) is 15.9 Å². The van der Waals surface area contributed by atoms with Crippen molar-refractivity contribution < 1.29 is 8.42 Å². The molecule has 0 amide bonds. The second-order valence-electron chi connectivity index (χ2n) is 4.29. The standard InChI is InChI=1S/C11H20BrN3O2S/c1-4-14-8-11(13-9-14)18(16,17)15(10(2)3)7-5-6-12/h8-10H,4-7H2,1-3H3. The van der Waals surface area contributed by atoms with Gasteiger partial charge in [0.15, 0.2) is 5.03 Å². The van der Waals surface area contributed by atoms with Crippen LogP contribution in [0.3, 0.4) is 0 Å². The first-order valence-corrected chi connectivity index (χ1v) is 8.59. The average Bonchev–Trinajstić information content (AvgIpc) is 2.77. The molecule has 0 spiro atoms. The molecule has 0 atom stereocenters. The van der Waals surface area contributed by atoms with Crippen molar-refractivity contribution in [3.05, 3.63) is 12.5 Å². The molecule has 0 aromatic carbocycles. The lowest BCUT2D eigenvalue weighted by molar-refractivity contribution is 0.354. The van der Waals surface area contributed by atoms with Crippen LogP contribution in [0.25, 0.3) is 0 Å². The maximum Gasteiger partial charge on any atom is 0.262 e. The van der Waals surface area contributed by atoms with Gasteiger partial charge in [0.2, 0.25) is 0 Å². The molecule has 0 N–H and O–H groups in total. The lowest BCUT2D eigenvalue weighted by Gasteiger charge is -2.24. The smallest absolute Gasteiger partial charge is 0.262 e. The second kappa shape index (κ2) is 6.68. The Hall–Kier alpha value is -0.400. The highest BCUT2D eigenvalue weighted by Gasteiger charge is 2.28. The summed E-state index contributed by atoms with van der Waals surface area (Å²) >= 11 is 3.32. The summed E-state index contributed by atoms with van der Waals surface area (Å²) in [6, 6.07) is -0.0687. The summed E-state index contributed by atoms with van der Waals surface area (Å²) in [5, 5.41) is 0.919. The van der Waals surface area contributed by atoms with Gasteiger partial charge in [-0.15, -0.1) is 0 Å². The maximum absolute atomic E-state index is 12.4. The Kier molecular flexibility index (Phi) is 5.81. The van der Waals surface area contributed by atoms with Crippen molar-refractivity contribution in [2.24, 2.45) is 0 Å². The monoisotopic (exact) mass is 337 g/mol. The third-order valence-electron chi connectivity index (χ3n) is 2.64. The molecule has 1 rings (SSSR count). The molecule has 0 aliphatic heterocycles. The van der Waals surface area contributed by atoms with Crippen molar-refractivity contribution in [3.8, 4) is 0 Å². The van der Waals surface area contributed by atoms with Crippen LogP contribution in [0.15, 0.2) is 17.6 Å². The first kappa shape index (κ1) is 15.7. The lowest BCUT2D eigenvalue weighted by atomic mass is 10.4. The number of sulfonamides is 1. The first-order valence-electron chi connectivity index (χ1n) is 6.03. The minimum atomic E-state index is -3.48. The minimum absolute atomic E-state index is 0.0687. The Morgan fingerprint density at radius 3 is 2.61 bits per heavy atom. The van der Waals surface area contributed by atoms with Crippen LogP contribution in [0.2, 0.25) is 0 Å². The topological polar surface area (TPSA) is 55.2 Å². The van der Waals surface area contributed by atoms with E-state index < -0.39 is 10.0 Å². The highest BCUT2D eigenvalue weighted by molar-refractivity contribution is 9.09. The van der Waals surface area contributed by atoms with E-state index in [0.717, 1.165) is 11.8 Å². The highest BCUT2D eigenvalue weighted by Crippen LogP contribution is 2.17. The Balaban J connectivity index is 3.00. The fourth-order valence-corrected chi connectivity index (χ4v) is 3.50. The highest BCUT2D eigenvalue weighted by atomic mass is 79.9. The predicted molar refractivity (Wildman–Crippen MR) is 75.3 cm³/mol. The van der Waals surface area contributed by atoms with Crippen molar-refractivity contribution in [1.29, 1.82) is 0 Å². The van der Waals surface area contributed by atoms with Crippen molar-refractivity contribution in [2.45, 2.75) is 44.8 Å². The van der Waals surface area contributed by atoms with E-state index in [9.17, 15) is 8.42 Å². The average molecular weight is 338 g/mol. The van der Waals surface area contributed by atoms with E-state index in [2.05, 4.69) is 20.9 Å². The molecule has 7 heteroatoms. The fourth-order valence-electron chi connectivity index (χ4n) is 1.64. The van der Waals surface area contributed by atoms with Gasteiger partial charge < -0.3 is 4.57 Å². The number of halogens is 1. The molecule has 18 heavy (non-hydrogen) atoms. The van der Waals surface area contributed by atoms with Crippen LogP contribution in [0.1, 0.15) is 27.2 Å². The van der Waals surface area contributed by atoms with Crippen molar-refractivity contribution in [3.63, 3.8) is 0 Å². The van der Waals surface area contributed by atoms with E-state index in [-0.39, 0.29) is 11.1 Å². The molecule has 0 bridgehead atoms. The fraction of sp³-hybridized carbons (Fsp3) is 0.727. The summed E-state index contributed by atoms with van der Waals surface area (Å²) < 4.78 is 28.1. The van der Waals surface area contributed by atoms with Gasteiger partial charge in [0, 0.05) is 30.7 Å². The summed E-state index contributed by atoms with van der Waals surface area (Å²) in [5.41, 5.74) is 0. The number of rotatable bonds is 7. The van der Waals surface area contributed by atoms with Gasteiger partial charge in [0.1, 0.15) is 0 Å². The molecule has 5 nitrogen and oxygen atoms in total. The number of imidazole rings is 1. The molecule has 104 valence electrons. The first-order chi connectivity index (χ1) is 8.43. The lowest BCUT2D eigenvalue weighted by Crippen LogP contribution is -2.38. The summed E-state index contributed by atoms with van der Waals surface area (Å²) in [6.07, 6.45) is 3.92. The summed E-state index contributed by atoms with van der Waals surface area (Å²) in [6.45, 7) is 6.92. The van der Waals surface area contributed by atoms with Gasteiger partial charge in [-0.05, 0) is 27.2 Å². The zero-order valence-electron chi connectivity index (χ0n) is 11.0. The van der Waals surface area contributed by atoms with Crippen LogP contribution in [0.5, 0.6) is 0 Å². The molecule has 0 saturated carbocycles. The van der Waals surface area contributed by atoms with Crippen molar-refractivity contribution >= 4 is 26.0 Å². The van der Waals surface area contributed by atoms with Gasteiger partial charge in [-0.25, -0.2) is 13.4 Å². The number of aromatic nitrogens is 2. The zero-order chi connectivity index (χ0) is 13.8. The quantitative estimate of drug-likeness (QED) is 0.716. The third-order valence-corrected chi connectivity index (χ3v) is 5.16. The van der Waals surface area contributed by atoms with Crippen LogP contribution in [0.4, 0.5) is 0 Å². The second-order valence-corrected chi connectivity index (χ2v) is 6.92. The minimum Gasteiger partial charge on any atom is -0.336 e. The van der Waals surface area contributed by atoms with Gasteiger partial charge in [0.05, 0.1) is 6.33 Å². The third kappa shape index (κ3) is 3.55. The normalized spacial score (nSPS) is 12.6. The van der Waals surface area contributed by atoms with Gasteiger partial charge in [0.25, 0.3) is 10.0 Å². The van der Waals surface area contributed by atoms with Gasteiger partial charge >= 0.3 is 0 Å². The van der Waals surface area contributed by atoms with Gasteiger partial charge in [-0.3, -0.25) is 0 Å². The molecule has 1 aromatic rings. The van der Waals surface area contributed by atoms with E-state index >= 15 is 0 Å². The summed E-state index contributed by atoms with van der Waals surface area (Å²) in [4.78, 5) is 3.99. The van der Waals surface area contributed by atoms with E-state index in [1.54, 1.807) is 17.1 Å². The van der Waals surface area contributed by atoms with E-state index in [4.69, 9.17) is 0 Å². The molecule has 0 fully saturated rings. The summed E-state index contributed by atoms with van der Waals surface area (Å²) in [5.74, 6) is 0. The predicted octanol–water partition coefficient (Wildman–Crippen LogP) is 2.09. The molecule has 1 heterocycles. The van der Waals surface area contributed by atoms with Crippen molar-refractivity contribution in [2.75, 3.05) is 11.9 Å². The Bertz CT molecular complexity index is 470. The van der Waals surface area contributed by atoms with E-state index in [1.165, 1.54) is 4.31 Å². The SMILES string of the molecule is CCn1cnc(S(=O)(=O)N(CCCBr)C(C)C)c1. The van der Waals surface area contributed by atoms with Crippen molar-refractivity contribution in [1.82, 2.24) is 13.9 Å². The summed E-state index contributed by atoms with van der Waals surface area (Å²) in [7, 11) is -3.48. The van der Waals surface area contributed by atoms with E-state index in [0.29, 0.717) is 13.1 Å². The largest absolute Gasteiger partial charge is 0.336 e. The van der Waals surface area contributed by atoms with Crippen LogP contribution >= 0.6 is 15.9 Å². The van der Waals surface area contributed by atoms with Gasteiger partial charge in [-0.2, -0.15) is 4.31 Å². The molecule has 0 saturated heterocycles. The molecular weight excluding hydrogens is 318 g/mol. The maximum atomic E-state index is 12.4. The van der Waals surface area contributed by atoms with E-state index in [1.807, 2.05) is 20.8 Å². The van der Waals surface area contributed by atoms with Crippen LogP contribution in [-0.4, -0.2) is 40.2 Å². The van der Waals surface area contributed by atoms with Crippen LogP contribution in [0, 0.1) is 0 Å². The van der Waals surface area contributed by atoms with Crippen LogP contribution < -0.4 is 0 Å². The Morgan fingerprint density at radius 2 is 2.17 bits per heavy atom. The molecule has 0 radical (unpaired) electrons.